The van der Waals surface area contributed by atoms with Gasteiger partial charge in [-0.25, -0.2) is 0 Å². The smallest absolute Gasteiger partial charge is 0.0896 e. The lowest BCUT2D eigenvalue weighted by atomic mass is 9.87. The molecular weight excluding hydrogens is 410 g/mol. The maximum atomic E-state index is 2.64. The van der Waals surface area contributed by atoms with Crippen LogP contribution in [0.4, 0.5) is 0 Å². The zero-order chi connectivity index (χ0) is 16.9. The largest absolute Gasteiger partial charge is 1.00 e. The molecule has 2 aliphatic heterocycles. The van der Waals surface area contributed by atoms with Gasteiger partial charge in [0, 0.05) is 41.0 Å². The predicted octanol–water partition coefficient (Wildman–Crippen LogP) is 2.88. The zero-order valence-electron chi connectivity index (χ0n) is 15.6. The summed E-state index contributed by atoms with van der Waals surface area (Å²) in [5.74, 6) is 0.742. The second-order valence-corrected chi connectivity index (χ2v) is 10.0. The number of rotatable bonds is 3. The van der Waals surface area contributed by atoms with Crippen molar-refractivity contribution in [2.45, 2.75) is 51.6 Å². The molecule has 0 aromatic carbocycles. The minimum atomic E-state index is 0. The molecule has 2 bridgehead atoms. The van der Waals surface area contributed by atoms with Gasteiger partial charge in [-0.1, -0.05) is 6.08 Å². The van der Waals surface area contributed by atoms with E-state index in [0.29, 0.717) is 0 Å². The van der Waals surface area contributed by atoms with Gasteiger partial charge in [-0.05, 0) is 53.8 Å². The van der Waals surface area contributed by atoms with Crippen molar-refractivity contribution in [1.82, 2.24) is 0 Å². The Hall–Kier alpha value is -0.420. The molecule has 0 spiro atoms. The summed E-state index contributed by atoms with van der Waals surface area (Å²) in [5.41, 5.74) is 4.36. The molecule has 0 amide bonds. The first-order valence-corrected chi connectivity index (χ1v) is 10.9. The highest BCUT2D eigenvalue weighted by molar-refractivity contribution is 7.14. The first-order valence-electron chi connectivity index (χ1n) is 9.11. The van der Waals surface area contributed by atoms with Crippen molar-refractivity contribution in [3.05, 3.63) is 49.9 Å². The van der Waals surface area contributed by atoms with E-state index in [0.717, 1.165) is 18.0 Å². The molecule has 2 fully saturated rings. The number of fused-ring (bicyclic) bond motifs is 2. The normalized spacial score (nSPS) is 27.0. The summed E-state index contributed by atoms with van der Waals surface area (Å²) in [6.07, 6.45) is 8.21. The standard InChI is InChI=1S/C21H28NS2.BrH/c1-14-7-9-23-20(14)19(21-15(2)8-10-24-21)13-16-11-17-5-6-18(12-16)22(17,3)4;/h7-10,13,16-18H,5-6,11-12H2,1-4H3;1H/q+1;/p-1/t16?,17-,18+;. The van der Waals surface area contributed by atoms with Gasteiger partial charge in [-0.15, -0.1) is 22.7 Å². The number of hydrogen-bond acceptors (Lipinski definition) is 2. The Morgan fingerprint density at radius 1 is 0.960 bits per heavy atom. The van der Waals surface area contributed by atoms with Crippen LogP contribution in [0.15, 0.2) is 29.0 Å². The highest BCUT2D eigenvalue weighted by Gasteiger charge is 2.48. The van der Waals surface area contributed by atoms with Crippen LogP contribution in [-0.4, -0.2) is 30.7 Å². The highest BCUT2D eigenvalue weighted by Crippen LogP contribution is 2.45. The van der Waals surface area contributed by atoms with Gasteiger partial charge >= 0.3 is 0 Å². The maximum absolute atomic E-state index is 2.64. The van der Waals surface area contributed by atoms with E-state index in [9.17, 15) is 0 Å². The molecule has 0 N–H and O–H groups in total. The highest BCUT2D eigenvalue weighted by atomic mass is 79.9. The van der Waals surface area contributed by atoms with Crippen LogP contribution in [0, 0.1) is 19.8 Å². The van der Waals surface area contributed by atoms with Gasteiger partial charge in [0.25, 0.3) is 0 Å². The van der Waals surface area contributed by atoms with Gasteiger partial charge in [0.15, 0.2) is 0 Å². The summed E-state index contributed by atoms with van der Waals surface area (Å²) < 4.78 is 1.26. The van der Waals surface area contributed by atoms with Crippen LogP contribution in [-0.2, 0) is 0 Å². The molecular formula is C21H28BrNS2. The lowest BCUT2D eigenvalue weighted by molar-refractivity contribution is -0.931. The topological polar surface area (TPSA) is 0 Å². The SMILES string of the molecule is Cc1ccsc1C(=CC1C[C@H]2CC[C@@H](C1)[N+]2(C)C)c1sccc1C.[Br-]. The molecule has 2 aliphatic rings. The summed E-state index contributed by atoms with van der Waals surface area (Å²) in [6.45, 7) is 4.51. The third-order valence-corrected chi connectivity index (χ3v) is 8.58. The molecule has 4 heterocycles. The van der Waals surface area contributed by atoms with Crippen molar-refractivity contribution in [2.24, 2.45) is 5.92 Å². The quantitative estimate of drug-likeness (QED) is 0.647. The summed E-state index contributed by atoms with van der Waals surface area (Å²) in [7, 11) is 4.91. The van der Waals surface area contributed by atoms with E-state index in [-0.39, 0.29) is 17.0 Å². The third kappa shape index (κ3) is 3.43. The van der Waals surface area contributed by atoms with E-state index in [2.05, 4.69) is 56.9 Å². The monoisotopic (exact) mass is 437 g/mol. The molecule has 2 aromatic rings. The lowest BCUT2D eigenvalue weighted by Gasteiger charge is -2.43. The van der Waals surface area contributed by atoms with Crippen LogP contribution in [0.3, 0.4) is 0 Å². The van der Waals surface area contributed by atoms with E-state index < -0.39 is 0 Å². The summed E-state index contributed by atoms with van der Waals surface area (Å²) in [6, 6.07) is 6.25. The third-order valence-electron chi connectivity index (χ3n) is 6.48. The van der Waals surface area contributed by atoms with Crippen molar-refractivity contribution >= 4 is 28.2 Å². The van der Waals surface area contributed by atoms with Crippen LogP contribution in [0.2, 0.25) is 0 Å². The van der Waals surface area contributed by atoms with Crippen LogP contribution in [0.25, 0.3) is 5.57 Å². The van der Waals surface area contributed by atoms with E-state index in [1.807, 2.05) is 22.7 Å². The fourth-order valence-electron chi connectivity index (χ4n) is 4.85. The molecule has 136 valence electrons. The lowest BCUT2D eigenvalue weighted by Crippen LogP contribution is -3.00. The summed E-state index contributed by atoms with van der Waals surface area (Å²) in [5, 5.41) is 4.48. The number of aryl methyl sites for hydroxylation is 2. The Bertz CT molecular complexity index is 712. The fraction of sp³-hybridized carbons (Fsp3) is 0.524. The second-order valence-electron chi connectivity index (χ2n) is 8.19. The minimum absolute atomic E-state index is 0. The second kappa shape index (κ2) is 7.30. The van der Waals surface area contributed by atoms with Gasteiger partial charge in [0.1, 0.15) is 0 Å². The van der Waals surface area contributed by atoms with E-state index >= 15 is 0 Å². The molecule has 2 aromatic heterocycles. The molecule has 1 unspecified atom stereocenters. The maximum Gasteiger partial charge on any atom is 0.0896 e. The van der Waals surface area contributed by atoms with Crippen molar-refractivity contribution in [3.8, 4) is 0 Å². The molecule has 2 saturated heterocycles. The number of thiophene rings is 2. The number of halogens is 1. The molecule has 0 aliphatic carbocycles. The van der Waals surface area contributed by atoms with Crippen LogP contribution in [0.5, 0.6) is 0 Å². The van der Waals surface area contributed by atoms with E-state index in [1.54, 1.807) is 0 Å². The number of nitrogens with zero attached hydrogens (tertiary/aromatic N) is 1. The van der Waals surface area contributed by atoms with Gasteiger partial charge in [0.05, 0.1) is 26.2 Å². The van der Waals surface area contributed by atoms with Crippen LogP contribution in [0.1, 0.15) is 46.6 Å². The Labute approximate surface area is 170 Å². The minimum Gasteiger partial charge on any atom is -1.00 e. The van der Waals surface area contributed by atoms with E-state index in [1.165, 1.54) is 56.6 Å². The summed E-state index contributed by atoms with van der Waals surface area (Å²) in [4.78, 5) is 2.96. The predicted molar refractivity (Wildman–Crippen MR) is 107 cm³/mol. The van der Waals surface area contributed by atoms with E-state index in [4.69, 9.17) is 0 Å². The molecule has 0 radical (unpaired) electrons. The van der Waals surface area contributed by atoms with Crippen molar-refractivity contribution < 1.29 is 21.5 Å². The Morgan fingerprint density at radius 2 is 1.44 bits per heavy atom. The van der Waals surface area contributed by atoms with Gasteiger partial charge in [0.2, 0.25) is 0 Å². The molecule has 4 heteroatoms. The zero-order valence-corrected chi connectivity index (χ0v) is 18.8. The first-order chi connectivity index (χ1) is 11.5. The number of piperidine rings is 1. The van der Waals surface area contributed by atoms with Crippen LogP contribution >= 0.6 is 22.7 Å². The molecule has 25 heavy (non-hydrogen) atoms. The Kier molecular flexibility index (Phi) is 5.65. The molecule has 0 saturated carbocycles. The average molecular weight is 439 g/mol. The molecule has 4 rings (SSSR count). The molecule has 1 nitrogen and oxygen atoms in total. The summed E-state index contributed by atoms with van der Waals surface area (Å²) >= 11 is 3.81. The van der Waals surface area contributed by atoms with Crippen molar-refractivity contribution in [3.63, 3.8) is 0 Å². The average Bonchev–Trinajstić information content (AvgIpc) is 3.15. The van der Waals surface area contributed by atoms with Crippen LogP contribution < -0.4 is 17.0 Å². The van der Waals surface area contributed by atoms with Gasteiger partial charge in [-0.2, -0.15) is 0 Å². The van der Waals surface area contributed by atoms with Crippen molar-refractivity contribution in [1.29, 1.82) is 0 Å². The Morgan fingerprint density at radius 3 is 1.84 bits per heavy atom. The number of quaternary nitrogens is 1. The van der Waals surface area contributed by atoms with Crippen molar-refractivity contribution in [2.75, 3.05) is 14.1 Å². The Balaban J connectivity index is 0.00000182. The van der Waals surface area contributed by atoms with Gasteiger partial charge < -0.3 is 21.5 Å². The van der Waals surface area contributed by atoms with Gasteiger partial charge in [-0.3, -0.25) is 0 Å². The number of allylic oxidation sites excluding steroid dienone is 1. The number of hydrogen-bond donors (Lipinski definition) is 0. The fourth-order valence-corrected chi connectivity index (χ4v) is 6.83. The first kappa shape index (κ1) is 19.3. The molecule has 3 atom stereocenters.